The van der Waals surface area contributed by atoms with Gasteiger partial charge in [-0.25, -0.2) is 0 Å². The van der Waals surface area contributed by atoms with Gasteiger partial charge < -0.3 is 0 Å². The zero-order chi connectivity index (χ0) is 7.28. The first-order valence-electron chi connectivity index (χ1n) is 2.92. The van der Waals surface area contributed by atoms with Gasteiger partial charge in [0.15, 0.2) is 0 Å². The van der Waals surface area contributed by atoms with Crippen molar-refractivity contribution in [3.63, 3.8) is 0 Å². The highest BCUT2D eigenvalue weighted by Gasteiger charge is 1.83. The van der Waals surface area contributed by atoms with Gasteiger partial charge in [-0.05, 0) is 20.6 Å². The van der Waals surface area contributed by atoms with E-state index >= 15 is 0 Å². The van der Waals surface area contributed by atoms with Crippen molar-refractivity contribution < 1.29 is 0 Å². The fraction of sp³-hybridized carbons (Fsp3) is 0.375. The van der Waals surface area contributed by atoms with E-state index in [-0.39, 0.29) is 0 Å². The molecule has 9 heavy (non-hydrogen) atoms. The van der Waals surface area contributed by atoms with Crippen LogP contribution >= 0.6 is 0 Å². The summed E-state index contributed by atoms with van der Waals surface area (Å²) < 4.78 is 0. The zero-order valence-corrected chi connectivity index (χ0v) is 6.15. The van der Waals surface area contributed by atoms with E-state index in [0.717, 1.165) is 5.57 Å². The molecule has 0 amide bonds. The lowest BCUT2D eigenvalue weighted by Crippen LogP contribution is -1.80. The third-order valence-electron chi connectivity index (χ3n) is 0.854. The SMILES string of the molecule is C=NC/C(C)=C/C(=C)C. The van der Waals surface area contributed by atoms with Crippen molar-refractivity contribution in [1.29, 1.82) is 0 Å². The van der Waals surface area contributed by atoms with Crippen LogP contribution in [-0.4, -0.2) is 13.3 Å². The number of nitrogens with zero attached hydrogens (tertiary/aromatic N) is 1. The number of aliphatic imine (C=N–C) groups is 1. The molecule has 50 valence electrons. The second-order valence-electron chi connectivity index (χ2n) is 2.22. The molecule has 0 aliphatic carbocycles. The summed E-state index contributed by atoms with van der Waals surface area (Å²) in [6.45, 7) is 11.8. The summed E-state index contributed by atoms with van der Waals surface area (Å²) in [6, 6.07) is 0. The maximum atomic E-state index is 3.74. The largest absolute Gasteiger partial charge is 0.297 e. The average Bonchev–Trinajstić information content (AvgIpc) is 1.63. The van der Waals surface area contributed by atoms with E-state index < -0.39 is 0 Å². The minimum absolute atomic E-state index is 0.715. The van der Waals surface area contributed by atoms with Crippen LogP contribution in [0.2, 0.25) is 0 Å². The molecule has 0 aliphatic rings. The zero-order valence-electron chi connectivity index (χ0n) is 6.15. The Morgan fingerprint density at radius 2 is 2.11 bits per heavy atom. The van der Waals surface area contributed by atoms with Gasteiger partial charge in [-0.3, -0.25) is 4.99 Å². The van der Waals surface area contributed by atoms with Crippen molar-refractivity contribution in [3.05, 3.63) is 23.8 Å². The van der Waals surface area contributed by atoms with Gasteiger partial charge in [0, 0.05) is 0 Å². The first kappa shape index (κ1) is 8.15. The molecule has 0 aromatic heterocycles. The summed E-state index contributed by atoms with van der Waals surface area (Å²) in [7, 11) is 0. The smallest absolute Gasteiger partial charge is 0.0592 e. The van der Waals surface area contributed by atoms with Crippen molar-refractivity contribution in [2.45, 2.75) is 13.8 Å². The lowest BCUT2D eigenvalue weighted by molar-refractivity contribution is 1.14. The fourth-order valence-corrected chi connectivity index (χ4v) is 0.643. The predicted molar refractivity (Wildman–Crippen MR) is 43.0 cm³/mol. The van der Waals surface area contributed by atoms with E-state index in [1.54, 1.807) is 0 Å². The Kier molecular flexibility index (Phi) is 3.69. The van der Waals surface area contributed by atoms with Crippen LogP contribution in [0.4, 0.5) is 0 Å². The minimum Gasteiger partial charge on any atom is -0.297 e. The van der Waals surface area contributed by atoms with Gasteiger partial charge in [0.1, 0.15) is 0 Å². The number of hydrogen-bond acceptors (Lipinski definition) is 1. The van der Waals surface area contributed by atoms with Crippen molar-refractivity contribution in [2.24, 2.45) is 4.99 Å². The van der Waals surface area contributed by atoms with Gasteiger partial charge in [-0.2, -0.15) is 0 Å². The van der Waals surface area contributed by atoms with Crippen LogP contribution in [0.15, 0.2) is 28.8 Å². The Labute approximate surface area is 56.8 Å². The Bertz CT molecular complexity index is 143. The summed E-state index contributed by atoms with van der Waals surface area (Å²) in [5.41, 5.74) is 2.27. The molecule has 1 nitrogen and oxygen atoms in total. The van der Waals surface area contributed by atoms with Crippen LogP contribution in [0.3, 0.4) is 0 Å². The Balaban J connectivity index is 3.83. The highest BCUT2D eigenvalue weighted by molar-refractivity contribution is 5.26. The first-order valence-corrected chi connectivity index (χ1v) is 2.92. The van der Waals surface area contributed by atoms with Crippen LogP contribution in [0, 0.1) is 0 Å². The number of hydrogen-bond donors (Lipinski definition) is 0. The van der Waals surface area contributed by atoms with Gasteiger partial charge in [0.05, 0.1) is 6.54 Å². The van der Waals surface area contributed by atoms with E-state index in [1.165, 1.54) is 5.57 Å². The Morgan fingerprint density at radius 1 is 1.56 bits per heavy atom. The van der Waals surface area contributed by atoms with E-state index in [4.69, 9.17) is 0 Å². The molecule has 0 saturated carbocycles. The summed E-state index contributed by atoms with van der Waals surface area (Å²) in [5, 5.41) is 0. The average molecular weight is 123 g/mol. The summed E-state index contributed by atoms with van der Waals surface area (Å²) in [4.78, 5) is 3.73. The maximum absolute atomic E-state index is 3.74. The molecule has 0 heterocycles. The molecule has 0 spiro atoms. The minimum atomic E-state index is 0.715. The quantitative estimate of drug-likeness (QED) is 0.403. The molecule has 0 aromatic rings. The molecule has 0 rings (SSSR count). The lowest BCUT2D eigenvalue weighted by atomic mass is 10.2. The Morgan fingerprint density at radius 3 is 2.44 bits per heavy atom. The van der Waals surface area contributed by atoms with E-state index in [2.05, 4.69) is 18.3 Å². The third-order valence-corrected chi connectivity index (χ3v) is 0.854. The predicted octanol–water partition coefficient (Wildman–Crippen LogP) is 2.21. The molecule has 0 fully saturated rings. The number of allylic oxidation sites excluding steroid dienone is 2. The van der Waals surface area contributed by atoms with Gasteiger partial charge in [0.25, 0.3) is 0 Å². The monoisotopic (exact) mass is 123 g/mol. The van der Waals surface area contributed by atoms with Gasteiger partial charge in [0.2, 0.25) is 0 Å². The molecule has 0 atom stereocenters. The molecule has 1 heteroatoms. The van der Waals surface area contributed by atoms with E-state index in [0.29, 0.717) is 6.54 Å². The lowest BCUT2D eigenvalue weighted by Gasteiger charge is -1.92. The van der Waals surface area contributed by atoms with Crippen LogP contribution in [0.5, 0.6) is 0 Å². The van der Waals surface area contributed by atoms with Crippen LogP contribution in [-0.2, 0) is 0 Å². The molecule has 0 bridgehead atoms. The maximum Gasteiger partial charge on any atom is 0.0592 e. The fourth-order valence-electron chi connectivity index (χ4n) is 0.643. The van der Waals surface area contributed by atoms with E-state index in [1.807, 2.05) is 19.9 Å². The van der Waals surface area contributed by atoms with Gasteiger partial charge in [-0.15, -0.1) is 0 Å². The highest BCUT2D eigenvalue weighted by Crippen LogP contribution is 1.98. The molecular weight excluding hydrogens is 110 g/mol. The molecular formula is C8H13N. The Hall–Kier alpha value is -0.850. The van der Waals surface area contributed by atoms with E-state index in [9.17, 15) is 0 Å². The molecule has 0 unspecified atom stereocenters. The normalized spacial score (nSPS) is 11.1. The second kappa shape index (κ2) is 4.07. The molecule has 0 saturated heterocycles. The van der Waals surface area contributed by atoms with Gasteiger partial charge >= 0.3 is 0 Å². The standard InChI is InChI=1S/C8H13N/c1-7(2)5-8(3)6-9-4/h5H,1,4,6H2,2-3H3/b8-5+. The highest BCUT2D eigenvalue weighted by atomic mass is 14.7. The van der Waals surface area contributed by atoms with Crippen LogP contribution in [0.1, 0.15) is 13.8 Å². The topological polar surface area (TPSA) is 12.4 Å². The van der Waals surface area contributed by atoms with Crippen molar-refractivity contribution >= 4 is 6.72 Å². The van der Waals surface area contributed by atoms with Gasteiger partial charge in [-0.1, -0.05) is 23.8 Å². The summed E-state index contributed by atoms with van der Waals surface area (Å²) >= 11 is 0. The summed E-state index contributed by atoms with van der Waals surface area (Å²) in [6.07, 6.45) is 2.01. The van der Waals surface area contributed by atoms with Crippen LogP contribution in [0.25, 0.3) is 0 Å². The second-order valence-corrected chi connectivity index (χ2v) is 2.22. The van der Waals surface area contributed by atoms with Crippen LogP contribution < -0.4 is 0 Å². The van der Waals surface area contributed by atoms with Crippen molar-refractivity contribution in [3.8, 4) is 0 Å². The van der Waals surface area contributed by atoms with Crippen molar-refractivity contribution in [1.82, 2.24) is 0 Å². The first-order chi connectivity index (χ1) is 4.16. The molecule has 0 aliphatic heterocycles. The third kappa shape index (κ3) is 5.01. The molecule has 0 radical (unpaired) electrons. The molecule has 0 N–H and O–H groups in total. The number of rotatable bonds is 3. The van der Waals surface area contributed by atoms with Crippen molar-refractivity contribution in [2.75, 3.05) is 6.54 Å². The summed E-state index contributed by atoms with van der Waals surface area (Å²) in [5.74, 6) is 0. The molecule has 0 aromatic carbocycles.